The van der Waals surface area contributed by atoms with E-state index in [1.807, 2.05) is 13.0 Å². The minimum absolute atomic E-state index is 0.0444. The lowest BCUT2D eigenvalue weighted by Crippen LogP contribution is -2.27. The van der Waals surface area contributed by atoms with Crippen LogP contribution in [0.3, 0.4) is 0 Å². The van der Waals surface area contributed by atoms with E-state index in [1.165, 1.54) is 18.4 Å². The summed E-state index contributed by atoms with van der Waals surface area (Å²) in [5.41, 5.74) is 0.922. The molecule has 0 spiro atoms. The van der Waals surface area contributed by atoms with Crippen molar-refractivity contribution in [1.29, 1.82) is 0 Å². The molecule has 4 rings (SSSR count). The quantitative estimate of drug-likeness (QED) is 0.320. The Morgan fingerprint density at radius 3 is 2.57 bits per heavy atom. The second kappa shape index (κ2) is 10.7. The van der Waals surface area contributed by atoms with E-state index in [0.29, 0.717) is 44.3 Å². The molecule has 10 heteroatoms. The predicted molar refractivity (Wildman–Crippen MR) is 134 cm³/mol. The van der Waals surface area contributed by atoms with Gasteiger partial charge < -0.3 is 14.8 Å². The number of nitrogens with one attached hydrogen (secondary N) is 1. The zero-order valence-electron chi connectivity index (χ0n) is 19.4. The van der Waals surface area contributed by atoms with Gasteiger partial charge in [-0.15, -0.1) is 21.5 Å². The fourth-order valence-electron chi connectivity index (χ4n) is 3.47. The number of halogens is 1. The monoisotopic (exact) mass is 510 g/mol. The van der Waals surface area contributed by atoms with Crippen molar-refractivity contribution in [3.63, 3.8) is 0 Å². The molecule has 35 heavy (non-hydrogen) atoms. The average Bonchev–Trinajstić information content (AvgIpc) is 3.45. The van der Waals surface area contributed by atoms with Gasteiger partial charge >= 0.3 is 6.09 Å². The SMILES string of the molecule is CCc1cc(C(=O)c2ccccc2Cl)c(-n2c(C)nnc2CNC(=O)Oc2cccc(OC)c2)s1. The zero-order chi connectivity index (χ0) is 24.9. The van der Waals surface area contributed by atoms with Crippen molar-refractivity contribution in [3.8, 4) is 16.5 Å². The highest BCUT2D eigenvalue weighted by atomic mass is 35.5. The number of rotatable bonds is 8. The van der Waals surface area contributed by atoms with Crippen LogP contribution in [0.15, 0.2) is 54.6 Å². The first-order valence-corrected chi connectivity index (χ1v) is 12.0. The number of nitrogens with zero attached hydrogens (tertiary/aromatic N) is 3. The second-order valence-electron chi connectivity index (χ2n) is 7.51. The molecule has 4 aromatic rings. The number of hydrogen-bond acceptors (Lipinski definition) is 7. The topological polar surface area (TPSA) is 95.3 Å². The van der Waals surface area contributed by atoms with Gasteiger partial charge in [-0.25, -0.2) is 4.79 Å². The van der Waals surface area contributed by atoms with Crippen LogP contribution in [0.5, 0.6) is 11.5 Å². The summed E-state index contributed by atoms with van der Waals surface area (Å²) >= 11 is 7.78. The molecule has 0 unspecified atom stereocenters. The van der Waals surface area contributed by atoms with Crippen LogP contribution < -0.4 is 14.8 Å². The molecule has 0 saturated carbocycles. The number of carbonyl (C=O) groups is 2. The number of hydrogen-bond donors (Lipinski definition) is 1. The van der Waals surface area contributed by atoms with Crippen molar-refractivity contribution in [2.75, 3.05) is 7.11 Å². The number of aromatic nitrogens is 3. The van der Waals surface area contributed by atoms with Crippen molar-refractivity contribution < 1.29 is 19.1 Å². The molecule has 2 aromatic heterocycles. The summed E-state index contributed by atoms with van der Waals surface area (Å²) in [5.74, 6) is 1.78. The molecule has 0 atom stereocenters. The maximum absolute atomic E-state index is 13.4. The molecule has 1 N–H and O–H groups in total. The summed E-state index contributed by atoms with van der Waals surface area (Å²) in [4.78, 5) is 26.8. The first-order chi connectivity index (χ1) is 16.9. The summed E-state index contributed by atoms with van der Waals surface area (Å²) in [7, 11) is 1.54. The van der Waals surface area contributed by atoms with Crippen molar-refractivity contribution in [3.05, 3.63) is 87.3 Å². The van der Waals surface area contributed by atoms with E-state index < -0.39 is 6.09 Å². The number of benzene rings is 2. The average molecular weight is 511 g/mol. The number of ketones is 1. The van der Waals surface area contributed by atoms with E-state index in [4.69, 9.17) is 21.1 Å². The van der Waals surface area contributed by atoms with Crippen molar-refractivity contribution in [2.45, 2.75) is 26.8 Å². The lowest BCUT2D eigenvalue weighted by molar-refractivity contribution is 0.103. The van der Waals surface area contributed by atoms with Gasteiger partial charge in [0.1, 0.15) is 22.3 Å². The highest BCUT2D eigenvalue weighted by Gasteiger charge is 2.24. The maximum Gasteiger partial charge on any atom is 0.412 e. The highest BCUT2D eigenvalue weighted by molar-refractivity contribution is 7.15. The van der Waals surface area contributed by atoms with Crippen LogP contribution in [-0.4, -0.2) is 33.8 Å². The number of amides is 1. The largest absolute Gasteiger partial charge is 0.497 e. The molecule has 2 heterocycles. The zero-order valence-corrected chi connectivity index (χ0v) is 20.9. The molecule has 0 aliphatic carbocycles. The summed E-state index contributed by atoms with van der Waals surface area (Å²) < 4.78 is 12.3. The van der Waals surface area contributed by atoms with Crippen LogP contribution in [0.2, 0.25) is 5.02 Å². The molecular weight excluding hydrogens is 488 g/mol. The third-order valence-corrected chi connectivity index (χ3v) is 6.81. The fraction of sp³-hybridized carbons (Fsp3) is 0.200. The summed E-state index contributed by atoms with van der Waals surface area (Å²) in [6.45, 7) is 3.86. The second-order valence-corrected chi connectivity index (χ2v) is 9.04. The predicted octanol–water partition coefficient (Wildman–Crippen LogP) is 5.38. The van der Waals surface area contributed by atoms with E-state index >= 15 is 0 Å². The number of methoxy groups -OCH3 is 1. The Morgan fingerprint density at radius 1 is 1.06 bits per heavy atom. The third kappa shape index (κ3) is 5.36. The molecular formula is C25H23ClN4O4S. The van der Waals surface area contributed by atoms with Gasteiger partial charge in [-0.2, -0.15) is 0 Å². The van der Waals surface area contributed by atoms with Crippen molar-refractivity contribution in [2.24, 2.45) is 0 Å². The molecule has 0 bridgehead atoms. The molecule has 2 aromatic carbocycles. The fourth-order valence-corrected chi connectivity index (χ4v) is 4.85. The Kier molecular flexibility index (Phi) is 7.48. The van der Waals surface area contributed by atoms with Gasteiger partial charge in [0.05, 0.1) is 24.2 Å². The van der Waals surface area contributed by atoms with Crippen LogP contribution in [0.1, 0.15) is 39.4 Å². The minimum Gasteiger partial charge on any atom is -0.497 e. The Morgan fingerprint density at radius 2 is 1.83 bits per heavy atom. The van der Waals surface area contributed by atoms with Crippen LogP contribution in [0.25, 0.3) is 5.00 Å². The standard InChI is InChI=1S/C25H23ClN4O4S/c1-4-18-13-20(23(31)19-10-5-6-11-21(19)26)24(35-18)30-15(2)28-29-22(30)14-27-25(32)34-17-9-7-8-16(12-17)33-3/h5-13H,4,14H2,1-3H3,(H,27,32). The first-order valence-electron chi connectivity index (χ1n) is 10.8. The highest BCUT2D eigenvalue weighted by Crippen LogP contribution is 2.32. The number of thiophene rings is 1. The van der Waals surface area contributed by atoms with E-state index in [0.717, 1.165) is 11.3 Å². The lowest BCUT2D eigenvalue weighted by Gasteiger charge is -2.11. The minimum atomic E-state index is -0.654. The van der Waals surface area contributed by atoms with Crippen LogP contribution in [0, 0.1) is 6.92 Å². The normalized spacial score (nSPS) is 10.7. The number of ether oxygens (including phenoxy) is 2. The van der Waals surface area contributed by atoms with Gasteiger partial charge in [0.2, 0.25) is 0 Å². The van der Waals surface area contributed by atoms with Gasteiger partial charge in [-0.05, 0) is 43.7 Å². The van der Waals surface area contributed by atoms with Gasteiger partial charge in [-0.1, -0.05) is 36.7 Å². The Labute approximate surface area is 211 Å². The van der Waals surface area contributed by atoms with E-state index in [1.54, 1.807) is 60.0 Å². The molecule has 1 amide bonds. The number of aryl methyl sites for hydroxylation is 2. The van der Waals surface area contributed by atoms with Crippen molar-refractivity contribution in [1.82, 2.24) is 20.1 Å². The van der Waals surface area contributed by atoms with E-state index in [2.05, 4.69) is 15.5 Å². The number of carbonyl (C=O) groups excluding carboxylic acids is 2. The van der Waals surface area contributed by atoms with E-state index in [-0.39, 0.29) is 12.3 Å². The molecule has 0 saturated heterocycles. The molecule has 8 nitrogen and oxygen atoms in total. The van der Waals surface area contributed by atoms with E-state index in [9.17, 15) is 9.59 Å². The Balaban J connectivity index is 1.60. The van der Waals surface area contributed by atoms with Crippen LogP contribution >= 0.6 is 22.9 Å². The van der Waals surface area contributed by atoms with Gasteiger partial charge in [-0.3, -0.25) is 9.36 Å². The maximum atomic E-state index is 13.4. The van der Waals surface area contributed by atoms with Gasteiger partial charge in [0.25, 0.3) is 0 Å². The summed E-state index contributed by atoms with van der Waals surface area (Å²) in [6, 6.07) is 15.6. The van der Waals surface area contributed by atoms with Gasteiger partial charge in [0.15, 0.2) is 11.6 Å². The summed E-state index contributed by atoms with van der Waals surface area (Å²) in [6.07, 6.45) is 0.105. The van der Waals surface area contributed by atoms with Crippen LogP contribution in [0.4, 0.5) is 4.79 Å². The molecule has 0 aliphatic heterocycles. The molecule has 0 aliphatic rings. The first kappa shape index (κ1) is 24.4. The molecule has 0 radical (unpaired) electrons. The third-order valence-electron chi connectivity index (χ3n) is 5.21. The lowest BCUT2D eigenvalue weighted by atomic mass is 10.0. The smallest absolute Gasteiger partial charge is 0.412 e. The molecule has 180 valence electrons. The Bertz CT molecular complexity index is 1380. The van der Waals surface area contributed by atoms with Crippen LogP contribution in [-0.2, 0) is 13.0 Å². The van der Waals surface area contributed by atoms with Crippen molar-refractivity contribution >= 4 is 34.8 Å². The van der Waals surface area contributed by atoms with Gasteiger partial charge in [0, 0.05) is 16.5 Å². The molecule has 0 fully saturated rings. The Hall–Kier alpha value is -3.69. The summed E-state index contributed by atoms with van der Waals surface area (Å²) in [5, 5.41) is 12.1.